The molecular weight excluding hydrogens is 340 g/mol. The number of carbonyl (C=O) groups is 2. The smallest absolute Gasteiger partial charge is 0.408 e. The van der Waals surface area contributed by atoms with Crippen molar-refractivity contribution in [2.45, 2.75) is 12.1 Å². The molecule has 1 aromatic carbocycles. The van der Waals surface area contributed by atoms with Gasteiger partial charge in [0.15, 0.2) is 6.10 Å². The molecule has 1 unspecified atom stereocenters. The van der Waals surface area contributed by atoms with Crippen molar-refractivity contribution >= 4 is 23.6 Å². The van der Waals surface area contributed by atoms with Crippen LogP contribution in [0.2, 0.25) is 5.02 Å². The van der Waals surface area contributed by atoms with Crippen LogP contribution in [-0.2, 0) is 9.53 Å². The number of nitrogens with one attached hydrogen (secondary N) is 2. The van der Waals surface area contributed by atoms with Gasteiger partial charge < -0.3 is 15.4 Å². The molecule has 6 saturated carbocycles. The van der Waals surface area contributed by atoms with Gasteiger partial charge in [-0.25, -0.2) is 4.79 Å². The Hall–Kier alpha value is -1.75. The normalized spacial score (nSPS) is 52.1. The minimum Gasteiger partial charge on any atom is -0.434 e. The Labute approximate surface area is 149 Å². The van der Waals surface area contributed by atoms with Gasteiger partial charge in [-0.2, -0.15) is 0 Å². The second-order valence-electron chi connectivity index (χ2n) is 8.65. The first-order chi connectivity index (χ1) is 12.1. The molecule has 1 saturated heterocycles. The first kappa shape index (κ1) is 13.5. The van der Waals surface area contributed by atoms with Crippen molar-refractivity contribution in [2.24, 2.45) is 46.8 Å². The Morgan fingerprint density at radius 2 is 1.80 bits per heavy atom. The van der Waals surface area contributed by atoms with Gasteiger partial charge >= 0.3 is 6.09 Å². The first-order valence-electron chi connectivity index (χ1n) is 9.14. The molecule has 128 valence electrons. The summed E-state index contributed by atoms with van der Waals surface area (Å²) in [5.41, 5.74) is 1.40. The van der Waals surface area contributed by atoms with E-state index in [-0.39, 0.29) is 23.9 Å². The lowest BCUT2D eigenvalue weighted by Gasteiger charge is -3.08. The van der Waals surface area contributed by atoms with Crippen LogP contribution >= 0.6 is 11.6 Å². The average Bonchev–Trinajstić information content (AvgIpc) is 3.07. The SMILES string of the molecule is O=C1NCC(C(=O)N[C@@H](c2ccc(Cl)cc2)C23C4C5C6C4C2C6C53)O1. The number of ether oxygens (including phenoxy) is 1. The summed E-state index contributed by atoms with van der Waals surface area (Å²) in [4.78, 5) is 24.0. The molecule has 0 bridgehead atoms. The van der Waals surface area contributed by atoms with E-state index in [1.165, 1.54) is 0 Å². The number of cyclic esters (lactones) is 1. The molecule has 7 aliphatic rings. The van der Waals surface area contributed by atoms with E-state index in [1.54, 1.807) is 0 Å². The average molecular weight is 357 g/mol. The van der Waals surface area contributed by atoms with Crippen LogP contribution in [0.15, 0.2) is 24.3 Å². The maximum absolute atomic E-state index is 12.7. The van der Waals surface area contributed by atoms with Gasteiger partial charge in [-0.1, -0.05) is 23.7 Å². The zero-order valence-electron chi connectivity index (χ0n) is 13.3. The van der Waals surface area contributed by atoms with Gasteiger partial charge in [0, 0.05) is 10.4 Å². The summed E-state index contributed by atoms with van der Waals surface area (Å²) < 4.78 is 5.08. The molecule has 1 aliphatic heterocycles. The third-order valence-corrected chi connectivity index (χ3v) is 8.77. The van der Waals surface area contributed by atoms with Crippen molar-refractivity contribution in [1.82, 2.24) is 10.6 Å². The lowest BCUT2D eigenvalue weighted by Crippen LogP contribution is -3.06. The summed E-state index contributed by atoms with van der Waals surface area (Å²) >= 11 is 6.06. The van der Waals surface area contributed by atoms with E-state index >= 15 is 0 Å². The molecular formula is C19H17ClN2O3. The van der Waals surface area contributed by atoms with Gasteiger partial charge in [-0.3, -0.25) is 4.79 Å². The molecule has 0 aromatic heterocycles. The maximum atomic E-state index is 12.7. The Bertz CT molecular complexity index is 802. The van der Waals surface area contributed by atoms with Gasteiger partial charge in [-0.05, 0) is 59.1 Å². The second-order valence-corrected chi connectivity index (χ2v) is 9.09. The lowest BCUT2D eigenvalue weighted by atomic mass is 8.96. The molecule has 2 amide bonds. The Morgan fingerprint density at radius 3 is 2.36 bits per heavy atom. The Kier molecular flexibility index (Phi) is 2.06. The number of alkyl carbamates (subject to hydrolysis) is 1. The van der Waals surface area contributed by atoms with Gasteiger partial charge in [0.25, 0.3) is 5.91 Å². The number of amides is 2. The van der Waals surface area contributed by atoms with Crippen LogP contribution < -0.4 is 10.6 Å². The van der Waals surface area contributed by atoms with E-state index in [0.717, 1.165) is 47.0 Å². The van der Waals surface area contributed by atoms with Gasteiger partial charge in [-0.15, -0.1) is 0 Å². The van der Waals surface area contributed by atoms with E-state index in [4.69, 9.17) is 16.3 Å². The molecule has 0 radical (unpaired) electrons. The third kappa shape index (κ3) is 1.15. The summed E-state index contributed by atoms with van der Waals surface area (Å²) in [6.07, 6.45) is -1.24. The highest BCUT2D eigenvalue weighted by Gasteiger charge is 3.05. The largest absolute Gasteiger partial charge is 0.434 e. The maximum Gasteiger partial charge on any atom is 0.408 e. The molecule has 6 aliphatic carbocycles. The highest BCUT2D eigenvalue weighted by Crippen LogP contribution is 3.07. The van der Waals surface area contributed by atoms with Crippen molar-refractivity contribution < 1.29 is 14.3 Å². The van der Waals surface area contributed by atoms with Gasteiger partial charge in [0.1, 0.15) is 0 Å². The molecule has 25 heavy (non-hydrogen) atoms. The number of halogens is 1. The lowest BCUT2D eigenvalue weighted by molar-refractivity contribution is -0.620. The summed E-state index contributed by atoms with van der Waals surface area (Å²) in [7, 11) is 0. The molecule has 1 heterocycles. The summed E-state index contributed by atoms with van der Waals surface area (Å²) in [5, 5.41) is 6.52. The van der Waals surface area contributed by atoms with Crippen molar-refractivity contribution in [3.05, 3.63) is 34.9 Å². The highest BCUT2D eigenvalue weighted by atomic mass is 35.5. The molecule has 6 heteroatoms. The monoisotopic (exact) mass is 356 g/mol. The summed E-state index contributed by atoms with van der Waals surface area (Å²) in [6, 6.07) is 7.88. The number of rotatable bonds is 4. The van der Waals surface area contributed by atoms with Crippen molar-refractivity contribution in [3.8, 4) is 0 Å². The molecule has 5 nitrogen and oxygen atoms in total. The Morgan fingerprint density at radius 1 is 1.16 bits per heavy atom. The second kappa shape index (κ2) is 3.83. The molecule has 7 fully saturated rings. The quantitative estimate of drug-likeness (QED) is 0.866. The van der Waals surface area contributed by atoms with E-state index < -0.39 is 12.2 Å². The first-order valence-corrected chi connectivity index (χ1v) is 9.52. The van der Waals surface area contributed by atoms with E-state index in [0.29, 0.717) is 5.02 Å². The number of hydrogen-bond donors (Lipinski definition) is 2. The van der Waals surface area contributed by atoms with E-state index in [9.17, 15) is 9.59 Å². The van der Waals surface area contributed by atoms with Crippen LogP contribution in [0.4, 0.5) is 4.79 Å². The number of carbonyl (C=O) groups excluding carboxylic acids is 2. The van der Waals surface area contributed by atoms with E-state index in [2.05, 4.69) is 10.6 Å². The molecule has 2 atom stereocenters. The van der Waals surface area contributed by atoms with Gasteiger partial charge in [0.2, 0.25) is 0 Å². The predicted molar refractivity (Wildman–Crippen MR) is 87.5 cm³/mol. The fraction of sp³-hybridized carbons (Fsp3) is 0.579. The topological polar surface area (TPSA) is 67.4 Å². The molecule has 2 N–H and O–H groups in total. The molecule has 1 aromatic rings. The van der Waals surface area contributed by atoms with Gasteiger partial charge in [0.05, 0.1) is 12.6 Å². The van der Waals surface area contributed by atoms with Crippen molar-refractivity contribution in [3.63, 3.8) is 0 Å². The zero-order valence-corrected chi connectivity index (χ0v) is 14.1. The minimum absolute atomic E-state index is 0.0153. The van der Waals surface area contributed by atoms with Crippen LogP contribution in [0, 0.1) is 46.8 Å². The van der Waals surface area contributed by atoms with Crippen LogP contribution in [0.25, 0.3) is 0 Å². The minimum atomic E-state index is -0.727. The van der Waals surface area contributed by atoms with Crippen LogP contribution in [-0.4, -0.2) is 24.6 Å². The number of hydrogen-bond acceptors (Lipinski definition) is 3. The van der Waals surface area contributed by atoms with Crippen molar-refractivity contribution in [1.29, 1.82) is 0 Å². The number of benzene rings is 1. The summed E-state index contributed by atoms with van der Waals surface area (Å²) in [6.45, 7) is 0.247. The fourth-order valence-electron chi connectivity index (χ4n) is 8.02. The summed E-state index contributed by atoms with van der Waals surface area (Å²) in [5.74, 6) is 6.09. The van der Waals surface area contributed by atoms with E-state index in [1.807, 2.05) is 24.3 Å². The fourth-order valence-corrected chi connectivity index (χ4v) is 8.15. The Balaban J connectivity index is 1.23. The third-order valence-electron chi connectivity index (χ3n) is 8.52. The van der Waals surface area contributed by atoms with Crippen molar-refractivity contribution in [2.75, 3.05) is 6.54 Å². The van der Waals surface area contributed by atoms with Crippen LogP contribution in [0.3, 0.4) is 0 Å². The zero-order chi connectivity index (χ0) is 16.7. The molecule has 8 rings (SSSR count). The predicted octanol–water partition coefficient (Wildman–Crippen LogP) is 1.97. The standard InChI is InChI=1S/C19H17ClN2O3/c20-7-3-1-6(2-4-7)16(22-17(23)8-5-21-18(24)25-8)19-13-10-9-11(13)15(19)12(9)14(10)19/h1-4,8-16H,5H2,(H,21,24)(H,22,23)/t8?,9?,10?,11?,12?,13?,14?,15?,16-,19?/m0/s1. The highest BCUT2D eigenvalue weighted by molar-refractivity contribution is 6.30. The molecule has 0 spiro atoms. The van der Waals surface area contributed by atoms with Crippen LogP contribution in [0.5, 0.6) is 0 Å². The van der Waals surface area contributed by atoms with Crippen LogP contribution in [0.1, 0.15) is 11.6 Å².